The number of aromatic carboxylic acids is 1. The third-order valence-corrected chi connectivity index (χ3v) is 11.4. The number of nitrogens with zero attached hydrogens (tertiary/aromatic N) is 1. The van der Waals surface area contributed by atoms with E-state index in [4.69, 9.17) is 0 Å². The Bertz CT molecular complexity index is 2020. The molecule has 1 heterocycles. The standard InChI is InChI=1S/C44H51N3O7S.Mg/c1-5-34(6-2)47(37(48)25-44(3,4)26-38(49)50)27-30-10-9-11-32(24-30)40(51)46-42-39(35-12-7-8-13-36(35)55-42)41(52)45-33-22-18-29(19-23-33)15-14-28-16-20-31(21-17-28)43(53)54;/h9-11,16-24,34H,5-8,12-15,25-27H2,1-4H3,(H,45,52)(H,46,51)(H,49,50)(H,53,54);/q;+2/p-2. The van der Waals surface area contributed by atoms with Gasteiger partial charge in [0.05, 0.1) is 11.5 Å². The van der Waals surface area contributed by atoms with Gasteiger partial charge in [-0.05, 0) is 115 Å². The van der Waals surface area contributed by atoms with Crippen molar-refractivity contribution in [3.05, 3.63) is 117 Å². The summed E-state index contributed by atoms with van der Waals surface area (Å²) in [6, 6.07) is 21.4. The first-order valence-corrected chi connectivity index (χ1v) is 19.8. The molecule has 1 aliphatic rings. The molecule has 12 heteroatoms. The van der Waals surface area contributed by atoms with Crippen molar-refractivity contribution in [3.8, 4) is 0 Å². The Labute approximate surface area is 349 Å². The number of aryl methyl sites for hydroxylation is 3. The Balaban J connectivity index is 0.00000696. The van der Waals surface area contributed by atoms with Gasteiger partial charge in [0.1, 0.15) is 5.00 Å². The van der Waals surface area contributed by atoms with E-state index in [0.29, 0.717) is 21.8 Å². The van der Waals surface area contributed by atoms with Gasteiger partial charge >= 0.3 is 23.1 Å². The molecule has 4 aromatic rings. The molecular weight excluding hydrogens is 739 g/mol. The molecule has 10 nitrogen and oxygen atoms in total. The smallest absolute Gasteiger partial charge is 0.550 e. The fraction of sp³-hybridized carbons (Fsp3) is 0.386. The second-order valence-electron chi connectivity index (χ2n) is 15.1. The second-order valence-corrected chi connectivity index (χ2v) is 16.2. The van der Waals surface area contributed by atoms with Crippen molar-refractivity contribution in [1.29, 1.82) is 0 Å². The zero-order chi connectivity index (χ0) is 39.7. The molecule has 1 aromatic heterocycles. The number of carboxylic acids is 2. The molecule has 1 aliphatic carbocycles. The number of fused-ring (bicyclic) bond motifs is 1. The minimum absolute atomic E-state index is 0. The monoisotopic (exact) mass is 787 g/mol. The zero-order valence-corrected chi connectivity index (χ0v) is 34.9. The van der Waals surface area contributed by atoms with Crippen LogP contribution in [0.4, 0.5) is 10.7 Å². The number of carbonyl (C=O) groups is 5. The summed E-state index contributed by atoms with van der Waals surface area (Å²) in [5.74, 6) is -3.18. The maximum atomic E-state index is 13.9. The molecule has 3 amide bonds. The number of hydrogen-bond acceptors (Lipinski definition) is 8. The number of rotatable bonds is 17. The van der Waals surface area contributed by atoms with E-state index in [-0.39, 0.29) is 71.8 Å². The molecular formula is C44H49MgN3O7S. The Morgan fingerprint density at radius 3 is 2.00 bits per heavy atom. The summed E-state index contributed by atoms with van der Waals surface area (Å²) in [5.41, 5.74) is 4.71. The van der Waals surface area contributed by atoms with Crippen molar-refractivity contribution in [2.75, 3.05) is 10.6 Å². The van der Waals surface area contributed by atoms with E-state index in [9.17, 15) is 34.2 Å². The first-order valence-electron chi connectivity index (χ1n) is 19.0. The third kappa shape index (κ3) is 11.7. The number of benzene rings is 3. The summed E-state index contributed by atoms with van der Waals surface area (Å²) in [6.07, 6.45) is 6.33. The summed E-state index contributed by atoms with van der Waals surface area (Å²) in [5, 5.41) is 28.9. The normalized spacial score (nSPS) is 12.3. The number of thiophene rings is 1. The number of carbonyl (C=O) groups excluding carboxylic acids is 5. The van der Waals surface area contributed by atoms with Crippen molar-refractivity contribution in [2.45, 2.75) is 104 Å². The summed E-state index contributed by atoms with van der Waals surface area (Å²) in [6.45, 7) is 7.80. The van der Waals surface area contributed by atoms with Crippen LogP contribution in [0.1, 0.15) is 124 Å². The SMILES string of the molecule is CCC(CC)N(Cc1cccc(C(=O)Nc2sc3c(c2C(=O)Nc2ccc(CCc4ccc(C(=O)[O-])cc4)cc2)CCCC3)c1)C(=O)CC(C)(C)CC(=O)[O-].[Mg+2]. The van der Waals surface area contributed by atoms with E-state index in [1.54, 1.807) is 61.2 Å². The van der Waals surface area contributed by atoms with Crippen LogP contribution in [0, 0.1) is 5.41 Å². The largest absolute Gasteiger partial charge is 2.00 e. The van der Waals surface area contributed by atoms with Crippen LogP contribution in [0.5, 0.6) is 0 Å². The minimum Gasteiger partial charge on any atom is -0.550 e. The van der Waals surface area contributed by atoms with Gasteiger partial charge in [-0.1, -0.05) is 76.2 Å². The number of anilines is 2. The van der Waals surface area contributed by atoms with Crippen LogP contribution in [0.25, 0.3) is 0 Å². The summed E-state index contributed by atoms with van der Waals surface area (Å²) in [4.78, 5) is 66.5. The van der Waals surface area contributed by atoms with E-state index >= 15 is 0 Å². The number of nitrogens with one attached hydrogen (secondary N) is 2. The van der Waals surface area contributed by atoms with Crippen LogP contribution in [-0.2, 0) is 41.8 Å². The summed E-state index contributed by atoms with van der Waals surface area (Å²) >= 11 is 1.44. The van der Waals surface area contributed by atoms with Gasteiger partial charge in [0.2, 0.25) is 5.91 Å². The van der Waals surface area contributed by atoms with Crippen molar-refractivity contribution in [1.82, 2.24) is 4.90 Å². The van der Waals surface area contributed by atoms with Crippen LogP contribution in [0.15, 0.2) is 72.8 Å². The van der Waals surface area contributed by atoms with Crippen LogP contribution >= 0.6 is 11.3 Å². The van der Waals surface area contributed by atoms with Crippen molar-refractivity contribution < 1.29 is 34.2 Å². The van der Waals surface area contributed by atoms with Gasteiger partial charge in [0.15, 0.2) is 0 Å². The minimum atomic E-state index is -1.20. The van der Waals surface area contributed by atoms with Gasteiger partial charge in [-0.15, -0.1) is 11.3 Å². The maximum Gasteiger partial charge on any atom is 2.00 e. The molecule has 0 bridgehead atoms. The molecule has 56 heavy (non-hydrogen) atoms. The molecule has 0 saturated heterocycles. The van der Waals surface area contributed by atoms with Gasteiger partial charge in [0.25, 0.3) is 11.8 Å². The number of amides is 3. The van der Waals surface area contributed by atoms with Crippen LogP contribution in [0.2, 0.25) is 0 Å². The molecule has 0 aliphatic heterocycles. The van der Waals surface area contributed by atoms with Crippen LogP contribution in [-0.4, -0.2) is 63.7 Å². The van der Waals surface area contributed by atoms with Gasteiger partial charge < -0.3 is 35.3 Å². The first-order chi connectivity index (χ1) is 26.3. The summed E-state index contributed by atoms with van der Waals surface area (Å²) < 4.78 is 0. The first kappa shape index (κ1) is 44.2. The molecule has 0 fully saturated rings. The number of carboxylic acid groups (broad SMARTS) is 2. The predicted octanol–water partition coefficient (Wildman–Crippen LogP) is 5.97. The topological polar surface area (TPSA) is 159 Å². The van der Waals surface area contributed by atoms with Gasteiger partial charge in [0, 0.05) is 41.1 Å². The summed E-state index contributed by atoms with van der Waals surface area (Å²) in [7, 11) is 0. The average Bonchev–Trinajstić information content (AvgIpc) is 3.52. The average molecular weight is 788 g/mol. The van der Waals surface area contributed by atoms with Crippen LogP contribution in [0.3, 0.4) is 0 Å². The quantitative estimate of drug-likeness (QED) is 0.125. The van der Waals surface area contributed by atoms with Gasteiger partial charge in [-0.3, -0.25) is 14.4 Å². The molecule has 0 unspecified atom stereocenters. The van der Waals surface area contributed by atoms with Gasteiger partial charge in [-0.2, -0.15) is 0 Å². The Kier molecular flexibility index (Phi) is 15.8. The van der Waals surface area contributed by atoms with E-state index in [1.807, 2.05) is 44.2 Å². The molecule has 3 aromatic carbocycles. The predicted molar refractivity (Wildman–Crippen MR) is 217 cm³/mol. The fourth-order valence-electron chi connectivity index (χ4n) is 7.24. The van der Waals surface area contributed by atoms with E-state index in [0.717, 1.165) is 78.5 Å². The van der Waals surface area contributed by atoms with E-state index < -0.39 is 17.4 Å². The number of aliphatic carboxylic acids is 1. The van der Waals surface area contributed by atoms with Crippen molar-refractivity contribution >= 4 is 74.7 Å². The molecule has 290 valence electrons. The molecule has 0 atom stereocenters. The van der Waals surface area contributed by atoms with Crippen LogP contribution < -0.4 is 20.8 Å². The van der Waals surface area contributed by atoms with Gasteiger partial charge in [-0.25, -0.2) is 0 Å². The van der Waals surface area contributed by atoms with E-state index in [2.05, 4.69) is 10.6 Å². The molecule has 0 radical (unpaired) electrons. The Hall–Kier alpha value is -4.52. The zero-order valence-electron chi connectivity index (χ0n) is 32.7. The molecule has 0 saturated carbocycles. The number of hydrogen-bond donors (Lipinski definition) is 2. The van der Waals surface area contributed by atoms with E-state index in [1.165, 1.54) is 11.3 Å². The Morgan fingerprint density at radius 2 is 1.39 bits per heavy atom. The molecule has 0 spiro atoms. The molecule has 2 N–H and O–H groups in total. The Morgan fingerprint density at radius 1 is 0.768 bits per heavy atom. The van der Waals surface area contributed by atoms with Crippen molar-refractivity contribution in [2.24, 2.45) is 5.41 Å². The second kappa shape index (κ2) is 20.1. The molecule has 5 rings (SSSR count). The fourth-order valence-corrected chi connectivity index (χ4v) is 8.52. The maximum absolute atomic E-state index is 13.9. The van der Waals surface area contributed by atoms with Crippen molar-refractivity contribution in [3.63, 3.8) is 0 Å². The third-order valence-electron chi connectivity index (χ3n) is 10.2.